The summed E-state index contributed by atoms with van der Waals surface area (Å²) in [5.41, 5.74) is 5.70. The Morgan fingerprint density at radius 2 is 1.88 bits per heavy atom. The molecule has 0 aliphatic heterocycles. The standard InChI is InChI=1S/C12H17NO3/c1-9-4-6-10(7-5-9)15-8-16-11(14)12(2,3)13/h4-7H,8,13H2,1-3H3. The molecule has 16 heavy (non-hydrogen) atoms. The summed E-state index contributed by atoms with van der Waals surface area (Å²) in [4.78, 5) is 11.3. The highest BCUT2D eigenvalue weighted by Gasteiger charge is 2.23. The zero-order chi connectivity index (χ0) is 12.2. The van der Waals surface area contributed by atoms with E-state index in [1.807, 2.05) is 31.2 Å². The summed E-state index contributed by atoms with van der Waals surface area (Å²) >= 11 is 0. The van der Waals surface area contributed by atoms with Crippen molar-refractivity contribution < 1.29 is 14.3 Å². The highest BCUT2D eigenvalue weighted by atomic mass is 16.7. The molecule has 4 nitrogen and oxygen atoms in total. The second-order valence-corrected chi connectivity index (χ2v) is 4.23. The molecule has 0 saturated heterocycles. The molecule has 0 aliphatic rings. The van der Waals surface area contributed by atoms with E-state index in [4.69, 9.17) is 15.2 Å². The smallest absolute Gasteiger partial charge is 0.328 e. The molecule has 0 amide bonds. The highest BCUT2D eigenvalue weighted by molar-refractivity contribution is 5.79. The first-order valence-corrected chi connectivity index (χ1v) is 5.05. The number of rotatable bonds is 4. The molecule has 0 spiro atoms. The Morgan fingerprint density at radius 3 is 2.38 bits per heavy atom. The molecule has 0 bridgehead atoms. The van der Waals surface area contributed by atoms with Gasteiger partial charge in [0.1, 0.15) is 11.3 Å². The Bertz CT molecular complexity index is 352. The van der Waals surface area contributed by atoms with E-state index in [1.165, 1.54) is 0 Å². The van der Waals surface area contributed by atoms with Gasteiger partial charge in [0.05, 0.1) is 0 Å². The van der Waals surface area contributed by atoms with Crippen LogP contribution < -0.4 is 10.5 Å². The molecule has 2 N–H and O–H groups in total. The lowest BCUT2D eigenvalue weighted by Crippen LogP contribution is -2.43. The summed E-state index contributed by atoms with van der Waals surface area (Å²) in [5, 5.41) is 0. The molecule has 0 aromatic heterocycles. The summed E-state index contributed by atoms with van der Waals surface area (Å²) < 4.78 is 10.1. The predicted molar refractivity (Wildman–Crippen MR) is 61.0 cm³/mol. The van der Waals surface area contributed by atoms with Gasteiger partial charge in [-0.15, -0.1) is 0 Å². The van der Waals surface area contributed by atoms with Gasteiger partial charge in [0.15, 0.2) is 0 Å². The summed E-state index contributed by atoms with van der Waals surface area (Å²) in [6.07, 6.45) is 0. The maximum absolute atomic E-state index is 11.3. The van der Waals surface area contributed by atoms with E-state index in [-0.39, 0.29) is 6.79 Å². The lowest BCUT2D eigenvalue weighted by molar-refractivity contribution is -0.155. The molecule has 0 atom stereocenters. The summed E-state index contributed by atoms with van der Waals surface area (Å²) in [6.45, 7) is 5.03. The average molecular weight is 223 g/mol. The molecule has 0 saturated carbocycles. The van der Waals surface area contributed by atoms with Crippen LogP contribution in [-0.2, 0) is 9.53 Å². The van der Waals surface area contributed by atoms with Gasteiger partial charge in [0.25, 0.3) is 0 Å². The van der Waals surface area contributed by atoms with Crippen molar-refractivity contribution in [3.8, 4) is 5.75 Å². The van der Waals surface area contributed by atoms with Crippen LogP contribution in [0.25, 0.3) is 0 Å². The fourth-order valence-corrected chi connectivity index (χ4v) is 0.972. The minimum absolute atomic E-state index is 0.122. The van der Waals surface area contributed by atoms with Crippen molar-refractivity contribution in [1.82, 2.24) is 0 Å². The van der Waals surface area contributed by atoms with Crippen LogP contribution in [0, 0.1) is 6.92 Å². The molecule has 0 unspecified atom stereocenters. The van der Waals surface area contributed by atoms with Gasteiger partial charge in [-0.2, -0.15) is 0 Å². The monoisotopic (exact) mass is 223 g/mol. The van der Waals surface area contributed by atoms with Gasteiger partial charge in [0.2, 0.25) is 6.79 Å². The molecular formula is C12H17NO3. The molecule has 0 heterocycles. The second kappa shape index (κ2) is 4.99. The van der Waals surface area contributed by atoms with E-state index >= 15 is 0 Å². The Morgan fingerprint density at radius 1 is 1.31 bits per heavy atom. The minimum atomic E-state index is -0.989. The predicted octanol–water partition coefficient (Wildman–Crippen LogP) is 1.61. The molecule has 0 fully saturated rings. The van der Waals surface area contributed by atoms with E-state index < -0.39 is 11.5 Å². The lowest BCUT2D eigenvalue weighted by Gasteiger charge is -2.16. The number of nitrogens with two attached hydrogens (primary N) is 1. The van der Waals surface area contributed by atoms with Crippen LogP contribution in [0.5, 0.6) is 5.75 Å². The van der Waals surface area contributed by atoms with Crippen LogP contribution in [0.1, 0.15) is 19.4 Å². The van der Waals surface area contributed by atoms with Gasteiger partial charge >= 0.3 is 5.97 Å². The SMILES string of the molecule is Cc1ccc(OCOC(=O)C(C)(C)N)cc1. The van der Waals surface area contributed by atoms with Crippen LogP contribution in [0.2, 0.25) is 0 Å². The Kier molecular flexibility index (Phi) is 3.90. The van der Waals surface area contributed by atoms with Gasteiger partial charge in [-0.3, -0.25) is 0 Å². The van der Waals surface area contributed by atoms with Crippen molar-refractivity contribution in [2.75, 3.05) is 6.79 Å². The third kappa shape index (κ3) is 3.90. The number of ether oxygens (including phenoxy) is 2. The third-order valence-electron chi connectivity index (χ3n) is 1.96. The summed E-state index contributed by atoms with van der Waals surface area (Å²) in [7, 11) is 0. The number of aryl methyl sites for hydroxylation is 1. The van der Waals surface area contributed by atoms with Crippen LogP contribution in [0.4, 0.5) is 0 Å². The van der Waals surface area contributed by atoms with Gasteiger partial charge in [-0.1, -0.05) is 17.7 Å². The quantitative estimate of drug-likeness (QED) is 0.622. The minimum Gasteiger partial charge on any atom is -0.457 e. The van der Waals surface area contributed by atoms with Crippen molar-refractivity contribution in [1.29, 1.82) is 0 Å². The topological polar surface area (TPSA) is 61.5 Å². The fourth-order valence-electron chi connectivity index (χ4n) is 0.972. The van der Waals surface area contributed by atoms with Gasteiger partial charge in [-0.25, -0.2) is 4.79 Å². The average Bonchev–Trinajstić information content (AvgIpc) is 2.19. The fraction of sp³-hybridized carbons (Fsp3) is 0.417. The molecule has 1 rings (SSSR count). The van der Waals surface area contributed by atoms with Crippen LogP contribution in [0.15, 0.2) is 24.3 Å². The third-order valence-corrected chi connectivity index (χ3v) is 1.96. The molecule has 4 heteroatoms. The van der Waals surface area contributed by atoms with E-state index in [9.17, 15) is 4.79 Å². The molecular weight excluding hydrogens is 206 g/mol. The van der Waals surface area contributed by atoms with Crippen LogP contribution >= 0.6 is 0 Å². The molecule has 0 aliphatic carbocycles. The number of hydrogen-bond acceptors (Lipinski definition) is 4. The van der Waals surface area contributed by atoms with Gasteiger partial charge < -0.3 is 15.2 Å². The van der Waals surface area contributed by atoms with E-state index in [0.717, 1.165) is 5.56 Å². The zero-order valence-electron chi connectivity index (χ0n) is 9.82. The summed E-state index contributed by atoms with van der Waals surface area (Å²) in [6, 6.07) is 7.47. The maximum Gasteiger partial charge on any atom is 0.328 e. The largest absolute Gasteiger partial charge is 0.457 e. The lowest BCUT2D eigenvalue weighted by atomic mass is 10.1. The molecule has 1 aromatic carbocycles. The summed E-state index contributed by atoms with van der Waals surface area (Å²) in [5.74, 6) is 0.174. The van der Waals surface area contributed by atoms with Gasteiger partial charge in [0, 0.05) is 0 Å². The number of benzene rings is 1. The maximum atomic E-state index is 11.3. The first-order chi connectivity index (χ1) is 7.39. The molecule has 0 radical (unpaired) electrons. The molecule has 1 aromatic rings. The van der Waals surface area contributed by atoms with E-state index in [2.05, 4.69) is 0 Å². The van der Waals surface area contributed by atoms with Crippen LogP contribution in [0.3, 0.4) is 0 Å². The first kappa shape index (κ1) is 12.5. The van der Waals surface area contributed by atoms with Gasteiger partial charge in [-0.05, 0) is 32.9 Å². The number of carbonyl (C=O) groups is 1. The van der Waals surface area contributed by atoms with Crippen molar-refractivity contribution in [2.45, 2.75) is 26.3 Å². The van der Waals surface area contributed by atoms with E-state index in [0.29, 0.717) is 5.75 Å². The highest BCUT2D eigenvalue weighted by Crippen LogP contribution is 2.11. The first-order valence-electron chi connectivity index (χ1n) is 5.05. The zero-order valence-corrected chi connectivity index (χ0v) is 9.82. The second-order valence-electron chi connectivity index (χ2n) is 4.23. The number of carbonyl (C=O) groups excluding carboxylic acids is 1. The Hall–Kier alpha value is -1.55. The van der Waals surface area contributed by atoms with Crippen LogP contribution in [-0.4, -0.2) is 18.3 Å². The van der Waals surface area contributed by atoms with Crippen molar-refractivity contribution in [3.05, 3.63) is 29.8 Å². The Balaban J connectivity index is 2.36. The number of hydrogen-bond donors (Lipinski definition) is 1. The normalized spacial score (nSPS) is 11.0. The van der Waals surface area contributed by atoms with Crippen molar-refractivity contribution in [3.63, 3.8) is 0 Å². The van der Waals surface area contributed by atoms with E-state index in [1.54, 1.807) is 13.8 Å². The van der Waals surface area contributed by atoms with Crippen molar-refractivity contribution in [2.24, 2.45) is 5.73 Å². The number of esters is 1. The van der Waals surface area contributed by atoms with Crippen molar-refractivity contribution >= 4 is 5.97 Å². The molecule has 88 valence electrons. The Labute approximate surface area is 95.3 Å².